The predicted molar refractivity (Wildman–Crippen MR) is 130 cm³/mol. The number of benzene rings is 4. The van der Waals surface area contributed by atoms with Gasteiger partial charge in [0, 0.05) is 22.7 Å². The molecule has 6 aromatic rings. The maximum Gasteiger partial charge on any atom is 0.0974 e. The third-order valence-corrected chi connectivity index (χ3v) is 5.98. The number of hydrogen-bond acceptors (Lipinski definition) is 2. The topological polar surface area (TPSA) is 25.8 Å². The molecule has 146 valence electrons. The van der Waals surface area contributed by atoms with Crippen LogP contribution in [-0.4, -0.2) is 9.97 Å². The van der Waals surface area contributed by atoms with Crippen LogP contribution in [0, 0.1) is 6.92 Å². The van der Waals surface area contributed by atoms with Crippen molar-refractivity contribution in [2.24, 2.45) is 0 Å². The second-order valence-electron chi connectivity index (χ2n) is 7.92. The Morgan fingerprint density at radius 1 is 0.548 bits per heavy atom. The van der Waals surface area contributed by atoms with Crippen LogP contribution < -0.4 is 0 Å². The summed E-state index contributed by atoms with van der Waals surface area (Å²) in [5.74, 6) is 0. The lowest BCUT2D eigenvalue weighted by Crippen LogP contribution is -1.93. The summed E-state index contributed by atoms with van der Waals surface area (Å²) in [6, 6.07) is 34.2. The van der Waals surface area contributed by atoms with E-state index in [2.05, 4.69) is 97.9 Å². The van der Waals surface area contributed by atoms with Gasteiger partial charge >= 0.3 is 0 Å². The molecule has 2 nitrogen and oxygen atoms in total. The van der Waals surface area contributed by atoms with Gasteiger partial charge in [0.2, 0.25) is 0 Å². The first-order chi connectivity index (χ1) is 15.3. The van der Waals surface area contributed by atoms with Gasteiger partial charge in [-0.2, -0.15) is 0 Å². The fourth-order valence-corrected chi connectivity index (χ4v) is 4.58. The summed E-state index contributed by atoms with van der Waals surface area (Å²) >= 11 is 0. The number of nitrogens with zero attached hydrogens (tertiary/aromatic N) is 2. The molecule has 2 heterocycles. The molecule has 31 heavy (non-hydrogen) atoms. The summed E-state index contributed by atoms with van der Waals surface area (Å²) < 4.78 is 0. The highest BCUT2D eigenvalue weighted by molar-refractivity contribution is 6.13. The van der Waals surface area contributed by atoms with Gasteiger partial charge in [-0.05, 0) is 52.1 Å². The smallest absolute Gasteiger partial charge is 0.0974 e. The highest BCUT2D eigenvalue weighted by Gasteiger charge is 2.14. The minimum Gasteiger partial charge on any atom is -0.254 e. The number of aryl methyl sites for hydroxylation is 1. The van der Waals surface area contributed by atoms with E-state index in [1.54, 1.807) is 0 Å². The fourth-order valence-electron chi connectivity index (χ4n) is 4.58. The fraction of sp³-hybridized carbons (Fsp3) is 0.0345. The van der Waals surface area contributed by atoms with E-state index in [-0.39, 0.29) is 0 Å². The van der Waals surface area contributed by atoms with Gasteiger partial charge in [-0.25, -0.2) is 0 Å². The second-order valence-corrected chi connectivity index (χ2v) is 7.92. The zero-order valence-corrected chi connectivity index (χ0v) is 17.2. The van der Waals surface area contributed by atoms with Crippen LogP contribution >= 0.6 is 0 Å². The first-order valence-corrected chi connectivity index (χ1v) is 10.5. The molecule has 0 atom stereocenters. The van der Waals surface area contributed by atoms with Crippen LogP contribution in [0.5, 0.6) is 0 Å². The molecule has 0 N–H and O–H groups in total. The van der Waals surface area contributed by atoms with Crippen molar-refractivity contribution in [3.63, 3.8) is 0 Å². The summed E-state index contributed by atoms with van der Waals surface area (Å²) in [4.78, 5) is 9.71. The molecule has 0 spiro atoms. The molecule has 0 unspecified atom stereocenters. The lowest BCUT2D eigenvalue weighted by Gasteiger charge is -2.13. The van der Waals surface area contributed by atoms with Crippen LogP contribution in [-0.2, 0) is 0 Å². The van der Waals surface area contributed by atoms with Crippen LogP contribution in [0.2, 0.25) is 0 Å². The third kappa shape index (κ3) is 2.88. The molecule has 2 aromatic heterocycles. The average molecular weight is 396 g/mol. The summed E-state index contributed by atoms with van der Waals surface area (Å²) in [5, 5.41) is 4.75. The van der Waals surface area contributed by atoms with Gasteiger partial charge in [0.15, 0.2) is 0 Å². The van der Waals surface area contributed by atoms with E-state index in [1.165, 1.54) is 33.0 Å². The van der Waals surface area contributed by atoms with Gasteiger partial charge in [-0.1, -0.05) is 84.9 Å². The van der Waals surface area contributed by atoms with E-state index in [9.17, 15) is 0 Å². The van der Waals surface area contributed by atoms with Gasteiger partial charge in [0.1, 0.15) is 0 Å². The van der Waals surface area contributed by atoms with Crippen molar-refractivity contribution < 1.29 is 0 Å². The van der Waals surface area contributed by atoms with Crippen LogP contribution in [0.4, 0.5) is 0 Å². The molecule has 2 heteroatoms. The standard InChI is InChI=1S/C29H20N2/c1-19-18-27(21-8-3-2-4-9-21)26-15-14-25-24(16-17-30-28(25)29(26)31-19)23-13-7-11-20-10-5-6-12-22(20)23/h2-18H,1H3. The number of rotatable bonds is 2. The van der Waals surface area contributed by atoms with E-state index in [0.29, 0.717) is 0 Å². The predicted octanol–water partition coefficient (Wildman–Crippen LogP) is 7.58. The average Bonchev–Trinajstić information content (AvgIpc) is 2.83. The molecule has 0 amide bonds. The van der Waals surface area contributed by atoms with Crippen molar-refractivity contribution in [3.8, 4) is 22.3 Å². The Hall–Kier alpha value is -4.04. The molecule has 0 aliphatic rings. The molecule has 0 aliphatic carbocycles. The molecule has 4 aromatic carbocycles. The molecular formula is C29H20N2. The molecule has 0 bridgehead atoms. The maximum absolute atomic E-state index is 4.92. The van der Waals surface area contributed by atoms with Crippen molar-refractivity contribution >= 4 is 32.6 Å². The Morgan fingerprint density at radius 2 is 1.26 bits per heavy atom. The zero-order chi connectivity index (χ0) is 20.8. The number of hydrogen-bond donors (Lipinski definition) is 0. The second kappa shape index (κ2) is 7.03. The minimum absolute atomic E-state index is 0.948. The largest absolute Gasteiger partial charge is 0.254 e. The molecule has 0 fully saturated rings. The van der Waals surface area contributed by atoms with Crippen LogP contribution in [0.1, 0.15) is 5.69 Å². The van der Waals surface area contributed by atoms with Crippen LogP contribution in [0.25, 0.3) is 54.8 Å². The van der Waals surface area contributed by atoms with Crippen LogP contribution in [0.15, 0.2) is 103 Å². The highest BCUT2D eigenvalue weighted by Crippen LogP contribution is 2.37. The highest BCUT2D eigenvalue weighted by atomic mass is 14.7. The molecule has 0 saturated carbocycles. The van der Waals surface area contributed by atoms with Gasteiger partial charge in [0.25, 0.3) is 0 Å². The van der Waals surface area contributed by atoms with E-state index in [1.807, 2.05) is 12.3 Å². The van der Waals surface area contributed by atoms with Crippen molar-refractivity contribution in [1.29, 1.82) is 0 Å². The Morgan fingerprint density at radius 3 is 2.13 bits per heavy atom. The first kappa shape index (κ1) is 17.8. The van der Waals surface area contributed by atoms with Crippen molar-refractivity contribution in [3.05, 3.63) is 109 Å². The quantitative estimate of drug-likeness (QED) is 0.282. The summed E-state index contributed by atoms with van der Waals surface area (Å²) in [6.45, 7) is 2.05. The monoisotopic (exact) mass is 396 g/mol. The molecule has 0 aliphatic heterocycles. The van der Waals surface area contributed by atoms with E-state index in [4.69, 9.17) is 9.97 Å². The van der Waals surface area contributed by atoms with Crippen molar-refractivity contribution in [2.45, 2.75) is 6.92 Å². The molecule has 6 rings (SSSR count). The van der Waals surface area contributed by atoms with Crippen molar-refractivity contribution in [2.75, 3.05) is 0 Å². The number of fused-ring (bicyclic) bond motifs is 4. The molecule has 0 radical (unpaired) electrons. The summed E-state index contributed by atoms with van der Waals surface area (Å²) in [5.41, 5.74) is 7.71. The third-order valence-electron chi connectivity index (χ3n) is 5.98. The SMILES string of the molecule is Cc1cc(-c2ccccc2)c2ccc3c(-c4cccc5ccccc45)ccnc3c2n1. The molecule has 0 saturated heterocycles. The van der Waals surface area contributed by atoms with E-state index in [0.717, 1.165) is 27.5 Å². The van der Waals surface area contributed by atoms with E-state index >= 15 is 0 Å². The number of pyridine rings is 2. The Kier molecular flexibility index (Phi) is 4.03. The van der Waals surface area contributed by atoms with Gasteiger partial charge in [0.05, 0.1) is 11.0 Å². The first-order valence-electron chi connectivity index (χ1n) is 10.5. The van der Waals surface area contributed by atoms with Gasteiger partial charge in [-0.15, -0.1) is 0 Å². The Balaban J connectivity index is 1.69. The van der Waals surface area contributed by atoms with Crippen LogP contribution in [0.3, 0.4) is 0 Å². The van der Waals surface area contributed by atoms with Gasteiger partial charge < -0.3 is 0 Å². The number of aromatic nitrogens is 2. The van der Waals surface area contributed by atoms with E-state index < -0.39 is 0 Å². The van der Waals surface area contributed by atoms with Crippen molar-refractivity contribution in [1.82, 2.24) is 9.97 Å². The molecular weight excluding hydrogens is 376 g/mol. The van der Waals surface area contributed by atoms with Gasteiger partial charge in [-0.3, -0.25) is 9.97 Å². The minimum atomic E-state index is 0.948. The maximum atomic E-state index is 4.92. The lowest BCUT2D eigenvalue weighted by atomic mass is 9.93. The summed E-state index contributed by atoms with van der Waals surface area (Å²) in [7, 11) is 0. The Labute approximate surface area is 180 Å². The lowest BCUT2D eigenvalue weighted by molar-refractivity contribution is 1.25. The summed E-state index contributed by atoms with van der Waals surface area (Å²) in [6.07, 6.45) is 1.91. The Bertz CT molecular complexity index is 1580. The normalized spacial score (nSPS) is 11.4. The zero-order valence-electron chi connectivity index (χ0n) is 17.2.